The zero-order chi connectivity index (χ0) is 22.6. The molecule has 8 heteroatoms. The van der Waals surface area contributed by atoms with Crippen LogP contribution in [0.4, 0.5) is 4.39 Å². The van der Waals surface area contributed by atoms with Gasteiger partial charge in [-0.15, -0.1) is 0 Å². The van der Waals surface area contributed by atoms with Crippen LogP contribution in [0.15, 0.2) is 23.1 Å². The van der Waals surface area contributed by atoms with Gasteiger partial charge in [-0.05, 0) is 48.8 Å². The van der Waals surface area contributed by atoms with Crippen molar-refractivity contribution in [3.63, 3.8) is 0 Å². The average molecular weight is 443 g/mol. The highest BCUT2D eigenvalue weighted by atomic mass is 19.1. The smallest absolute Gasteiger partial charge is 0.341 e. The molecule has 1 aliphatic heterocycles. The highest BCUT2D eigenvalue weighted by molar-refractivity contribution is 5.88. The summed E-state index contributed by atoms with van der Waals surface area (Å²) in [5.41, 5.74) is 0.0670. The molecule has 1 spiro atoms. The summed E-state index contributed by atoms with van der Waals surface area (Å²) >= 11 is 0. The monoisotopic (exact) mass is 443 g/mol. The maximum absolute atomic E-state index is 15.5. The van der Waals surface area contributed by atoms with Crippen molar-refractivity contribution in [3.8, 4) is 22.8 Å². The largest absolute Gasteiger partial charge is 0.493 e. The lowest BCUT2D eigenvalue weighted by molar-refractivity contribution is 0.0693. The van der Waals surface area contributed by atoms with Crippen molar-refractivity contribution in [1.82, 2.24) is 4.57 Å². The van der Waals surface area contributed by atoms with Gasteiger partial charge < -0.3 is 23.9 Å². The van der Waals surface area contributed by atoms with E-state index in [0.717, 1.165) is 37.7 Å². The molecule has 3 aliphatic rings. The Morgan fingerprint density at radius 1 is 1.22 bits per heavy atom. The van der Waals surface area contributed by atoms with Crippen LogP contribution in [-0.2, 0) is 4.74 Å². The third-order valence-electron chi connectivity index (χ3n) is 7.30. The summed E-state index contributed by atoms with van der Waals surface area (Å²) in [7, 11) is 3.15. The highest BCUT2D eigenvalue weighted by Gasteiger charge is 2.59. The Morgan fingerprint density at radius 2 is 2.00 bits per heavy atom. The van der Waals surface area contributed by atoms with Crippen LogP contribution in [0.2, 0.25) is 0 Å². The number of pyridine rings is 1. The highest BCUT2D eigenvalue weighted by Crippen LogP contribution is 2.70. The van der Waals surface area contributed by atoms with Gasteiger partial charge in [0.2, 0.25) is 5.43 Å². The SMILES string of the molecule is COCCCOc1cc2c(cc1OC)-c1c(F)c(=O)c(C(=O)O)cn1C1C2CCC12CC2. The van der Waals surface area contributed by atoms with E-state index in [1.807, 2.05) is 6.07 Å². The molecule has 2 heterocycles. The fraction of sp³-hybridized carbons (Fsp3) is 0.500. The molecule has 170 valence electrons. The third kappa shape index (κ3) is 3.03. The number of aromatic carboxylic acids is 1. The van der Waals surface area contributed by atoms with Gasteiger partial charge in [0.25, 0.3) is 0 Å². The van der Waals surface area contributed by atoms with E-state index in [1.54, 1.807) is 17.7 Å². The molecule has 2 unspecified atom stereocenters. The maximum Gasteiger partial charge on any atom is 0.341 e. The van der Waals surface area contributed by atoms with Crippen LogP contribution in [-0.4, -0.2) is 43.1 Å². The fourth-order valence-corrected chi connectivity index (χ4v) is 5.67. The van der Waals surface area contributed by atoms with E-state index < -0.39 is 22.8 Å². The molecule has 0 radical (unpaired) electrons. The molecule has 0 saturated heterocycles. The van der Waals surface area contributed by atoms with E-state index in [1.165, 1.54) is 13.3 Å². The third-order valence-corrected chi connectivity index (χ3v) is 7.30. The second-order valence-electron chi connectivity index (χ2n) is 8.98. The first kappa shape index (κ1) is 21.0. The van der Waals surface area contributed by atoms with E-state index in [9.17, 15) is 14.7 Å². The first-order valence-corrected chi connectivity index (χ1v) is 10.9. The van der Waals surface area contributed by atoms with Crippen molar-refractivity contribution in [2.24, 2.45) is 5.41 Å². The summed E-state index contributed by atoms with van der Waals surface area (Å²) in [6.07, 6.45) is 6.02. The van der Waals surface area contributed by atoms with E-state index >= 15 is 4.39 Å². The Hall–Kier alpha value is -2.87. The normalized spacial score (nSPS) is 21.6. The van der Waals surface area contributed by atoms with Crippen molar-refractivity contribution < 1.29 is 28.5 Å². The minimum Gasteiger partial charge on any atom is -0.493 e. The number of carboxylic acid groups (broad SMARTS) is 1. The number of carboxylic acids is 1. The lowest BCUT2D eigenvalue weighted by Gasteiger charge is -2.37. The van der Waals surface area contributed by atoms with Crippen LogP contribution in [0.1, 0.15) is 60.0 Å². The van der Waals surface area contributed by atoms with Crippen molar-refractivity contribution in [2.75, 3.05) is 27.4 Å². The van der Waals surface area contributed by atoms with Gasteiger partial charge in [0.05, 0.1) is 19.4 Å². The van der Waals surface area contributed by atoms with Gasteiger partial charge in [-0.25, -0.2) is 9.18 Å². The second-order valence-corrected chi connectivity index (χ2v) is 8.98. The van der Waals surface area contributed by atoms with Crippen LogP contribution < -0.4 is 14.9 Å². The van der Waals surface area contributed by atoms with Crippen molar-refractivity contribution >= 4 is 5.97 Å². The first-order chi connectivity index (χ1) is 15.4. The number of hydrogen-bond donors (Lipinski definition) is 1. The molecule has 0 amide bonds. The summed E-state index contributed by atoms with van der Waals surface area (Å²) < 4.78 is 33.7. The van der Waals surface area contributed by atoms with Gasteiger partial charge >= 0.3 is 5.97 Å². The molecule has 1 aromatic heterocycles. The molecule has 32 heavy (non-hydrogen) atoms. The van der Waals surface area contributed by atoms with Gasteiger partial charge in [-0.3, -0.25) is 4.79 Å². The van der Waals surface area contributed by atoms with Crippen LogP contribution in [0.25, 0.3) is 11.3 Å². The van der Waals surface area contributed by atoms with Crippen LogP contribution >= 0.6 is 0 Å². The molecule has 2 aromatic rings. The number of carbonyl (C=O) groups is 1. The van der Waals surface area contributed by atoms with E-state index in [2.05, 4.69) is 0 Å². The number of ether oxygens (including phenoxy) is 3. The maximum atomic E-state index is 15.5. The molecule has 0 bridgehead atoms. The van der Waals surface area contributed by atoms with Gasteiger partial charge in [0.1, 0.15) is 5.56 Å². The summed E-state index contributed by atoms with van der Waals surface area (Å²) in [5, 5.41) is 9.49. The minimum atomic E-state index is -1.41. The van der Waals surface area contributed by atoms with Gasteiger partial charge in [-0.1, -0.05) is 0 Å². The number of halogens is 1. The number of hydrogen-bond acceptors (Lipinski definition) is 5. The number of aromatic nitrogens is 1. The standard InChI is InChI=1S/C24H26FNO6/c1-30-8-3-9-32-18-10-14-13-4-5-24(6-7-24)22(13)26-12-16(23(28)29)21(27)19(25)20(26)15(14)11-17(18)31-2/h10-13,22H,3-9H2,1-2H3,(H,28,29). The number of methoxy groups -OCH3 is 2. The van der Waals surface area contributed by atoms with Gasteiger partial charge in [0, 0.05) is 43.9 Å². The van der Waals surface area contributed by atoms with Crippen molar-refractivity contribution in [2.45, 2.75) is 44.1 Å². The molecule has 2 fully saturated rings. The average Bonchev–Trinajstić information content (AvgIpc) is 3.46. The molecule has 2 saturated carbocycles. The van der Waals surface area contributed by atoms with Crippen LogP contribution in [0, 0.1) is 11.2 Å². The first-order valence-electron chi connectivity index (χ1n) is 10.9. The molecule has 7 nitrogen and oxygen atoms in total. The molecular weight excluding hydrogens is 417 g/mol. The Morgan fingerprint density at radius 3 is 2.66 bits per heavy atom. The molecule has 1 aromatic carbocycles. The summed E-state index contributed by atoms with van der Waals surface area (Å²) in [5.74, 6) is -1.32. The zero-order valence-electron chi connectivity index (χ0n) is 18.2. The number of fused-ring (bicyclic) bond motifs is 7. The van der Waals surface area contributed by atoms with Gasteiger partial charge in [0.15, 0.2) is 17.3 Å². The molecule has 1 N–H and O–H groups in total. The number of benzene rings is 1. The Balaban J connectivity index is 1.70. The van der Waals surface area contributed by atoms with Gasteiger partial charge in [-0.2, -0.15) is 0 Å². The lowest BCUT2D eigenvalue weighted by atomic mass is 9.81. The Kier molecular flexibility index (Phi) is 5.00. The summed E-state index contributed by atoms with van der Waals surface area (Å²) in [6, 6.07) is 3.55. The van der Waals surface area contributed by atoms with E-state index in [0.29, 0.717) is 30.3 Å². The predicted octanol–water partition coefficient (Wildman–Crippen LogP) is 3.99. The minimum absolute atomic E-state index is 0.0355. The Labute approximate surface area is 184 Å². The molecular formula is C24H26FNO6. The number of rotatable bonds is 7. The molecule has 5 rings (SSSR count). The fourth-order valence-electron chi connectivity index (χ4n) is 5.67. The quantitative estimate of drug-likeness (QED) is 0.652. The Bertz CT molecular complexity index is 1150. The van der Waals surface area contributed by atoms with Crippen LogP contribution in [0.5, 0.6) is 11.5 Å². The zero-order valence-corrected chi connectivity index (χ0v) is 18.2. The van der Waals surface area contributed by atoms with Crippen LogP contribution in [0.3, 0.4) is 0 Å². The summed E-state index contributed by atoms with van der Waals surface area (Å²) in [6.45, 7) is 1.03. The molecule has 2 aliphatic carbocycles. The van der Waals surface area contributed by atoms with E-state index in [4.69, 9.17) is 14.2 Å². The predicted molar refractivity (Wildman–Crippen MR) is 114 cm³/mol. The molecule has 2 atom stereocenters. The summed E-state index contributed by atoms with van der Waals surface area (Å²) in [4.78, 5) is 24.2. The second kappa shape index (κ2) is 7.62. The van der Waals surface area contributed by atoms with E-state index in [-0.39, 0.29) is 23.1 Å². The van der Waals surface area contributed by atoms with Crippen molar-refractivity contribution in [1.29, 1.82) is 0 Å². The topological polar surface area (TPSA) is 87.0 Å². The lowest BCUT2D eigenvalue weighted by Crippen LogP contribution is -2.32. The number of nitrogens with zero attached hydrogens (tertiary/aromatic N) is 1. The van der Waals surface area contributed by atoms with Crippen molar-refractivity contribution in [3.05, 3.63) is 45.5 Å².